The highest BCUT2D eigenvalue weighted by atomic mass is 28.4. The van der Waals surface area contributed by atoms with E-state index in [1.807, 2.05) is 20.8 Å². The van der Waals surface area contributed by atoms with E-state index in [4.69, 9.17) is 29.5 Å². The van der Waals surface area contributed by atoms with Gasteiger partial charge in [-0.1, -0.05) is 0 Å². The molecule has 0 fully saturated rings. The van der Waals surface area contributed by atoms with E-state index < -0.39 is 14.7 Å². The molecule has 0 radical (unpaired) electrons. The zero-order valence-corrected chi connectivity index (χ0v) is 13.0. The minimum Gasteiger partial charge on any atom is -0.374 e. The van der Waals surface area contributed by atoms with Crippen molar-refractivity contribution in [1.82, 2.24) is 0 Å². The van der Waals surface area contributed by atoms with E-state index in [0.717, 1.165) is 6.42 Å². The predicted molar refractivity (Wildman–Crippen MR) is 72.8 cm³/mol. The summed E-state index contributed by atoms with van der Waals surface area (Å²) in [6.45, 7) is 9.39. The first-order valence-electron chi connectivity index (χ1n) is 6.56. The Morgan fingerprint density at radius 1 is 1.06 bits per heavy atom. The molecule has 6 nitrogen and oxygen atoms in total. The number of nitrogens with two attached hydrogens (primary N) is 2. The van der Waals surface area contributed by atoms with Crippen LogP contribution >= 0.6 is 0 Å². The average Bonchev–Trinajstić information content (AvgIpc) is 2.26. The molecule has 0 saturated carbocycles. The quantitative estimate of drug-likeness (QED) is 0.434. The zero-order valence-electron chi connectivity index (χ0n) is 12.0. The molecule has 0 aromatic rings. The highest BCUT2D eigenvalue weighted by Gasteiger charge is 2.45. The Morgan fingerprint density at radius 3 is 2.00 bits per heavy atom. The molecule has 1 atom stereocenters. The van der Waals surface area contributed by atoms with Crippen LogP contribution in [0.1, 0.15) is 34.1 Å². The van der Waals surface area contributed by atoms with Crippen molar-refractivity contribution in [2.75, 3.05) is 26.4 Å². The Bertz CT molecular complexity index is 211. The molecule has 0 saturated heterocycles. The minimum absolute atomic E-state index is 0.465. The van der Waals surface area contributed by atoms with Gasteiger partial charge in [0, 0.05) is 32.8 Å². The SMILES string of the molecule is CCOC(C)(N)O[Si](CCCN)(OCC)OCC. The molecule has 0 spiro atoms. The van der Waals surface area contributed by atoms with Crippen molar-refractivity contribution in [2.45, 2.75) is 46.1 Å². The molecule has 18 heavy (non-hydrogen) atoms. The first-order valence-corrected chi connectivity index (χ1v) is 8.49. The molecule has 0 heterocycles. The second-order valence-corrected chi connectivity index (χ2v) is 6.64. The third kappa shape index (κ3) is 6.79. The third-order valence-electron chi connectivity index (χ3n) is 2.20. The van der Waals surface area contributed by atoms with Crippen LogP contribution in [0.5, 0.6) is 0 Å². The minimum atomic E-state index is -2.82. The molecule has 7 heteroatoms. The Kier molecular flexibility index (Phi) is 8.96. The lowest BCUT2D eigenvalue weighted by molar-refractivity contribution is -0.192. The molecule has 0 aromatic heterocycles. The van der Waals surface area contributed by atoms with Crippen molar-refractivity contribution < 1.29 is 18.0 Å². The zero-order chi connectivity index (χ0) is 14.1. The van der Waals surface area contributed by atoms with Gasteiger partial charge in [0.1, 0.15) is 0 Å². The number of hydrogen-bond donors (Lipinski definition) is 2. The van der Waals surface area contributed by atoms with Crippen LogP contribution < -0.4 is 11.5 Å². The monoisotopic (exact) mass is 280 g/mol. The molecule has 0 rings (SSSR count). The summed E-state index contributed by atoms with van der Waals surface area (Å²) in [5.41, 5.74) is 11.5. The Hall–Kier alpha value is -0.0231. The second kappa shape index (κ2) is 8.97. The van der Waals surface area contributed by atoms with E-state index in [-0.39, 0.29) is 0 Å². The highest BCUT2D eigenvalue weighted by molar-refractivity contribution is 6.60. The molecule has 0 bridgehead atoms. The van der Waals surface area contributed by atoms with Crippen LogP contribution in [0.15, 0.2) is 0 Å². The third-order valence-corrected chi connectivity index (χ3v) is 5.34. The lowest BCUT2D eigenvalue weighted by Crippen LogP contribution is -2.57. The van der Waals surface area contributed by atoms with Gasteiger partial charge in [0.2, 0.25) is 5.91 Å². The standard InChI is InChI=1S/C11H28N2O4Si/c1-5-14-11(4,13)17-18(15-6-2,16-7-3)10-8-9-12/h5-10,12-13H2,1-4H3. The van der Waals surface area contributed by atoms with Gasteiger partial charge in [0.05, 0.1) is 0 Å². The Labute approximate surface area is 111 Å². The van der Waals surface area contributed by atoms with Gasteiger partial charge >= 0.3 is 8.80 Å². The average molecular weight is 280 g/mol. The van der Waals surface area contributed by atoms with Crippen molar-refractivity contribution >= 4 is 8.80 Å². The van der Waals surface area contributed by atoms with E-state index in [2.05, 4.69) is 0 Å². The first-order chi connectivity index (χ1) is 8.45. The fourth-order valence-electron chi connectivity index (χ4n) is 1.68. The van der Waals surface area contributed by atoms with Crippen molar-refractivity contribution in [2.24, 2.45) is 11.5 Å². The summed E-state index contributed by atoms with van der Waals surface area (Å²) in [5, 5.41) is 0. The van der Waals surface area contributed by atoms with Crippen LogP contribution in [0.2, 0.25) is 6.04 Å². The van der Waals surface area contributed by atoms with Gasteiger partial charge in [0.25, 0.3) is 0 Å². The topological polar surface area (TPSA) is 89.0 Å². The van der Waals surface area contributed by atoms with Crippen molar-refractivity contribution in [3.8, 4) is 0 Å². The summed E-state index contributed by atoms with van der Waals surface area (Å²) in [4.78, 5) is 0. The van der Waals surface area contributed by atoms with E-state index in [1.165, 1.54) is 0 Å². The molecule has 110 valence electrons. The van der Waals surface area contributed by atoms with Gasteiger partial charge in [-0.25, -0.2) is 0 Å². The van der Waals surface area contributed by atoms with Gasteiger partial charge in [-0.05, 0) is 33.7 Å². The summed E-state index contributed by atoms with van der Waals surface area (Å²) in [5.74, 6) is -1.19. The van der Waals surface area contributed by atoms with Crippen LogP contribution in [0.4, 0.5) is 0 Å². The molecular formula is C11H28N2O4Si. The van der Waals surface area contributed by atoms with Gasteiger partial charge in [-0.2, -0.15) is 0 Å². The molecule has 4 N–H and O–H groups in total. The van der Waals surface area contributed by atoms with Crippen molar-refractivity contribution in [3.63, 3.8) is 0 Å². The highest BCUT2D eigenvalue weighted by Crippen LogP contribution is 2.23. The van der Waals surface area contributed by atoms with E-state index in [0.29, 0.717) is 32.4 Å². The molecular weight excluding hydrogens is 252 g/mol. The normalized spacial score (nSPS) is 15.7. The maximum Gasteiger partial charge on any atom is 0.504 e. The summed E-state index contributed by atoms with van der Waals surface area (Å²) in [6, 6.07) is 0.644. The van der Waals surface area contributed by atoms with E-state index in [1.54, 1.807) is 6.92 Å². The predicted octanol–water partition coefficient (Wildman–Crippen LogP) is 1.03. The molecule has 0 aliphatic rings. The van der Waals surface area contributed by atoms with Gasteiger partial charge < -0.3 is 23.7 Å². The number of rotatable bonds is 11. The van der Waals surface area contributed by atoms with Crippen LogP contribution in [0, 0.1) is 0 Å². The van der Waals surface area contributed by atoms with E-state index >= 15 is 0 Å². The summed E-state index contributed by atoms with van der Waals surface area (Å²) in [6.07, 6.45) is 0.772. The maximum atomic E-state index is 5.94. The number of hydrogen-bond acceptors (Lipinski definition) is 6. The van der Waals surface area contributed by atoms with Crippen LogP contribution in [0.25, 0.3) is 0 Å². The van der Waals surface area contributed by atoms with Gasteiger partial charge in [-0.3, -0.25) is 5.73 Å². The largest absolute Gasteiger partial charge is 0.504 e. The lowest BCUT2D eigenvalue weighted by atomic mass is 10.5. The Morgan fingerprint density at radius 2 is 1.61 bits per heavy atom. The second-order valence-electron chi connectivity index (χ2n) is 3.99. The fourth-order valence-corrected chi connectivity index (χ4v) is 4.46. The fraction of sp³-hybridized carbons (Fsp3) is 1.00. The van der Waals surface area contributed by atoms with Crippen LogP contribution in [0.3, 0.4) is 0 Å². The van der Waals surface area contributed by atoms with Gasteiger partial charge in [0.15, 0.2) is 0 Å². The van der Waals surface area contributed by atoms with Gasteiger partial charge in [-0.15, -0.1) is 0 Å². The first kappa shape index (κ1) is 18.0. The maximum absolute atomic E-state index is 5.94. The number of ether oxygens (including phenoxy) is 1. The van der Waals surface area contributed by atoms with Crippen molar-refractivity contribution in [1.29, 1.82) is 0 Å². The molecule has 0 aromatic carbocycles. The summed E-state index contributed by atoms with van der Waals surface area (Å²) in [7, 11) is -2.82. The van der Waals surface area contributed by atoms with Crippen LogP contribution in [-0.4, -0.2) is 41.1 Å². The lowest BCUT2D eigenvalue weighted by Gasteiger charge is -2.36. The molecule has 0 aliphatic heterocycles. The van der Waals surface area contributed by atoms with Crippen LogP contribution in [-0.2, 0) is 18.0 Å². The summed E-state index contributed by atoms with van der Waals surface area (Å²) >= 11 is 0. The molecule has 0 aliphatic carbocycles. The molecule has 0 amide bonds. The Balaban J connectivity index is 4.78. The molecule has 1 unspecified atom stereocenters. The summed E-state index contributed by atoms with van der Waals surface area (Å²) < 4.78 is 22.7. The smallest absolute Gasteiger partial charge is 0.374 e. The van der Waals surface area contributed by atoms with E-state index in [9.17, 15) is 0 Å². The van der Waals surface area contributed by atoms with Crippen molar-refractivity contribution in [3.05, 3.63) is 0 Å².